The van der Waals surface area contributed by atoms with Crippen LogP contribution in [0.15, 0.2) is 0 Å². The highest BCUT2D eigenvalue weighted by Crippen LogP contribution is 2.17. The number of aliphatic hydroxyl groups is 1. The molecular formula is C11H19N3O5. The Balaban J connectivity index is 2.44. The normalized spacial score (nSPS) is 17.7. The van der Waals surface area contributed by atoms with Crippen LogP contribution in [0, 0.1) is 5.92 Å². The Bertz CT molecular complexity index is 352. The molecule has 0 aromatic rings. The Morgan fingerprint density at radius 2 is 1.89 bits per heavy atom. The fraction of sp³-hybridized carbons (Fsp3) is 0.727. The average molecular weight is 273 g/mol. The molecule has 8 nitrogen and oxygen atoms in total. The first kappa shape index (κ1) is 15.2. The number of carboxylic acids is 1. The molecule has 4 N–H and O–H groups in total. The molecular weight excluding hydrogens is 254 g/mol. The van der Waals surface area contributed by atoms with Crippen LogP contribution in [0.1, 0.15) is 12.8 Å². The van der Waals surface area contributed by atoms with Gasteiger partial charge in [0.15, 0.2) is 6.04 Å². The fourth-order valence-electron chi connectivity index (χ4n) is 1.97. The summed E-state index contributed by atoms with van der Waals surface area (Å²) >= 11 is 0. The Morgan fingerprint density at radius 1 is 1.32 bits per heavy atom. The maximum absolute atomic E-state index is 11.8. The van der Waals surface area contributed by atoms with Gasteiger partial charge >= 0.3 is 12.0 Å². The zero-order chi connectivity index (χ0) is 14.4. The van der Waals surface area contributed by atoms with E-state index in [4.69, 9.17) is 10.2 Å². The highest BCUT2D eigenvalue weighted by Gasteiger charge is 2.28. The van der Waals surface area contributed by atoms with Crippen LogP contribution < -0.4 is 10.6 Å². The van der Waals surface area contributed by atoms with Crippen molar-refractivity contribution >= 4 is 17.9 Å². The van der Waals surface area contributed by atoms with Gasteiger partial charge < -0.3 is 25.7 Å². The summed E-state index contributed by atoms with van der Waals surface area (Å²) in [6.07, 6.45) is 1.09. The van der Waals surface area contributed by atoms with Gasteiger partial charge in [-0.05, 0) is 12.8 Å². The number of nitrogens with one attached hydrogen (secondary N) is 2. The molecule has 0 saturated carbocycles. The molecule has 1 aliphatic rings. The van der Waals surface area contributed by atoms with Gasteiger partial charge in [0.05, 0.1) is 6.61 Å². The van der Waals surface area contributed by atoms with Crippen LogP contribution >= 0.6 is 0 Å². The van der Waals surface area contributed by atoms with E-state index in [1.54, 1.807) is 7.05 Å². The SMILES string of the molecule is CNC(=O)C1CCN(C(=O)NC(CO)C(=O)O)CC1. The summed E-state index contributed by atoms with van der Waals surface area (Å²) in [5.41, 5.74) is 0. The highest BCUT2D eigenvalue weighted by atomic mass is 16.4. The maximum Gasteiger partial charge on any atom is 0.328 e. The number of urea groups is 1. The number of nitrogens with zero attached hydrogens (tertiary/aromatic N) is 1. The topological polar surface area (TPSA) is 119 Å². The number of hydrogen-bond donors (Lipinski definition) is 4. The Hall–Kier alpha value is -1.83. The lowest BCUT2D eigenvalue weighted by Gasteiger charge is -2.31. The van der Waals surface area contributed by atoms with Gasteiger partial charge in [-0.15, -0.1) is 0 Å². The first-order chi connectivity index (χ1) is 8.99. The van der Waals surface area contributed by atoms with Crippen LogP contribution in [-0.2, 0) is 9.59 Å². The van der Waals surface area contributed by atoms with Crippen LogP contribution in [0.3, 0.4) is 0 Å². The van der Waals surface area contributed by atoms with E-state index in [1.165, 1.54) is 4.90 Å². The van der Waals surface area contributed by atoms with Crippen LogP contribution in [0.4, 0.5) is 4.79 Å². The van der Waals surface area contributed by atoms with Gasteiger partial charge in [0.25, 0.3) is 0 Å². The lowest BCUT2D eigenvalue weighted by Crippen LogP contribution is -2.52. The quantitative estimate of drug-likeness (QED) is 0.502. The van der Waals surface area contributed by atoms with E-state index in [0.717, 1.165) is 0 Å². The number of amides is 3. The minimum absolute atomic E-state index is 0.0428. The van der Waals surface area contributed by atoms with Crippen molar-refractivity contribution in [2.45, 2.75) is 18.9 Å². The van der Waals surface area contributed by atoms with Gasteiger partial charge in [-0.1, -0.05) is 0 Å². The standard InChI is InChI=1S/C11H19N3O5/c1-12-9(16)7-2-4-14(5-3-7)11(19)13-8(6-15)10(17)18/h7-8,15H,2-6H2,1H3,(H,12,16)(H,13,19)(H,17,18). The van der Waals surface area contributed by atoms with Gasteiger partial charge in [-0.2, -0.15) is 0 Å². The van der Waals surface area contributed by atoms with Gasteiger partial charge in [0.2, 0.25) is 5.91 Å². The number of carboxylic acid groups (broad SMARTS) is 1. The third-order valence-electron chi connectivity index (χ3n) is 3.18. The predicted molar refractivity (Wildman–Crippen MR) is 65.4 cm³/mol. The van der Waals surface area contributed by atoms with Crippen molar-refractivity contribution in [3.63, 3.8) is 0 Å². The van der Waals surface area contributed by atoms with E-state index in [1.807, 2.05) is 0 Å². The van der Waals surface area contributed by atoms with E-state index in [9.17, 15) is 14.4 Å². The number of aliphatic carboxylic acids is 1. The molecule has 0 aromatic heterocycles. The molecule has 19 heavy (non-hydrogen) atoms. The summed E-state index contributed by atoms with van der Waals surface area (Å²) in [7, 11) is 1.57. The van der Waals surface area contributed by atoms with Crippen LogP contribution in [0.25, 0.3) is 0 Å². The monoisotopic (exact) mass is 273 g/mol. The summed E-state index contributed by atoms with van der Waals surface area (Å²) in [6, 6.07) is -1.83. The van der Waals surface area contributed by atoms with E-state index in [2.05, 4.69) is 10.6 Å². The molecule has 1 saturated heterocycles. The van der Waals surface area contributed by atoms with Crippen molar-refractivity contribution in [3.8, 4) is 0 Å². The molecule has 0 spiro atoms. The third kappa shape index (κ3) is 4.09. The molecule has 1 heterocycles. The van der Waals surface area contributed by atoms with Crippen molar-refractivity contribution in [2.24, 2.45) is 5.92 Å². The van der Waals surface area contributed by atoms with Crippen molar-refractivity contribution < 1.29 is 24.6 Å². The highest BCUT2D eigenvalue weighted by molar-refractivity contribution is 5.83. The summed E-state index contributed by atoms with van der Waals surface area (Å²) in [4.78, 5) is 35.3. The number of piperidine rings is 1. The zero-order valence-corrected chi connectivity index (χ0v) is 10.8. The van der Waals surface area contributed by atoms with Gasteiger partial charge in [-0.25, -0.2) is 9.59 Å². The first-order valence-corrected chi connectivity index (χ1v) is 6.10. The van der Waals surface area contributed by atoms with Crippen molar-refractivity contribution in [3.05, 3.63) is 0 Å². The summed E-state index contributed by atoms with van der Waals surface area (Å²) in [5, 5.41) is 22.3. The molecule has 8 heteroatoms. The van der Waals surface area contributed by atoms with Gasteiger partial charge in [0, 0.05) is 26.1 Å². The second-order valence-corrected chi connectivity index (χ2v) is 4.40. The Kier molecular flexibility index (Phi) is 5.56. The van der Waals surface area contributed by atoms with E-state index in [-0.39, 0.29) is 11.8 Å². The smallest absolute Gasteiger partial charge is 0.328 e. The first-order valence-electron chi connectivity index (χ1n) is 6.10. The molecule has 1 rings (SSSR count). The van der Waals surface area contributed by atoms with Gasteiger partial charge in [0.1, 0.15) is 0 Å². The van der Waals surface area contributed by atoms with Crippen LogP contribution in [0.2, 0.25) is 0 Å². The second kappa shape index (κ2) is 6.93. The molecule has 108 valence electrons. The van der Waals surface area contributed by atoms with E-state index < -0.39 is 24.6 Å². The number of carbonyl (C=O) groups excluding carboxylic acids is 2. The molecule has 0 bridgehead atoms. The minimum atomic E-state index is -1.30. The number of rotatable bonds is 4. The number of aliphatic hydroxyl groups excluding tert-OH is 1. The lowest BCUT2D eigenvalue weighted by atomic mass is 9.96. The molecule has 1 aliphatic heterocycles. The lowest BCUT2D eigenvalue weighted by molar-refractivity contribution is -0.140. The largest absolute Gasteiger partial charge is 0.480 e. The van der Waals surface area contributed by atoms with E-state index >= 15 is 0 Å². The summed E-state index contributed by atoms with van der Waals surface area (Å²) in [5.74, 6) is -1.43. The molecule has 0 aliphatic carbocycles. The van der Waals surface area contributed by atoms with E-state index in [0.29, 0.717) is 25.9 Å². The average Bonchev–Trinajstić information content (AvgIpc) is 2.43. The van der Waals surface area contributed by atoms with Crippen molar-refractivity contribution in [2.75, 3.05) is 26.7 Å². The minimum Gasteiger partial charge on any atom is -0.480 e. The zero-order valence-electron chi connectivity index (χ0n) is 10.8. The van der Waals surface area contributed by atoms with Crippen LogP contribution in [-0.4, -0.2) is 65.8 Å². The number of hydrogen-bond acceptors (Lipinski definition) is 4. The predicted octanol–water partition coefficient (Wildman–Crippen LogP) is -1.40. The molecule has 0 aromatic carbocycles. The molecule has 1 fully saturated rings. The second-order valence-electron chi connectivity index (χ2n) is 4.40. The number of likely N-dealkylation sites (tertiary alicyclic amines) is 1. The Labute approximate surface area is 110 Å². The molecule has 1 unspecified atom stereocenters. The Morgan fingerprint density at radius 3 is 2.32 bits per heavy atom. The molecule has 3 amide bonds. The van der Waals surface area contributed by atoms with Gasteiger partial charge in [-0.3, -0.25) is 4.79 Å². The summed E-state index contributed by atoms with van der Waals surface area (Å²) < 4.78 is 0. The van der Waals surface area contributed by atoms with Crippen molar-refractivity contribution in [1.29, 1.82) is 0 Å². The third-order valence-corrected chi connectivity index (χ3v) is 3.18. The molecule has 0 radical (unpaired) electrons. The maximum atomic E-state index is 11.8. The molecule has 1 atom stereocenters. The van der Waals surface area contributed by atoms with Crippen LogP contribution in [0.5, 0.6) is 0 Å². The number of carbonyl (C=O) groups is 3. The summed E-state index contributed by atoms with van der Waals surface area (Å²) in [6.45, 7) is 0.124. The van der Waals surface area contributed by atoms with Crippen molar-refractivity contribution in [1.82, 2.24) is 15.5 Å². The fourth-order valence-corrected chi connectivity index (χ4v) is 1.97.